The Bertz CT molecular complexity index is 218. The van der Waals surface area contributed by atoms with Crippen LogP contribution in [0, 0.1) is 17.8 Å². The Labute approximate surface area is 95.4 Å². The van der Waals surface area contributed by atoms with Crippen molar-refractivity contribution in [2.24, 2.45) is 17.8 Å². The summed E-state index contributed by atoms with van der Waals surface area (Å²) in [7, 11) is 0. The maximum absolute atomic E-state index is 3.73. The molecular weight excluding hydrogens is 238 g/mol. The maximum atomic E-state index is 3.73. The molecule has 2 aliphatic carbocycles. The maximum Gasteiger partial charge on any atom is 0.0285 e. The van der Waals surface area contributed by atoms with Gasteiger partial charge in [-0.2, -0.15) is 0 Å². The van der Waals surface area contributed by atoms with Crippen molar-refractivity contribution in [2.45, 2.75) is 36.9 Å². The van der Waals surface area contributed by atoms with E-state index in [1.54, 1.807) is 25.7 Å². The Kier molecular flexibility index (Phi) is 2.61. The number of likely N-dealkylation sites (tertiary alicyclic amines) is 1. The number of fused-ring (bicyclic) bond motifs is 2. The molecule has 0 amide bonds. The number of alkyl halides is 1. The van der Waals surface area contributed by atoms with Crippen molar-refractivity contribution in [3.8, 4) is 0 Å². The Morgan fingerprint density at radius 1 is 1.14 bits per heavy atom. The number of rotatable bonds is 2. The average molecular weight is 258 g/mol. The van der Waals surface area contributed by atoms with Gasteiger partial charge in [-0.1, -0.05) is 22.4 Å². The van der Waals surface area contributed by atoms with E-state index in [2.05, 4.69) is 20.8 Å². The molecule has 80 valence electrons. The highest BCUT2D eigenvalue weighted by molar-refractivity contribution is 9.09. The van der Waals surface area contributed by atoms with E-state index in [9.17, 15) is 0 Å². The molecule has 1 aliphatic heterocycles. The summed E-state index contributed by atoms with van der Waals surface area (Å²) >= 11 is 3.73. The second-order valence-electron chi connectivity index (χ2n) is 5.58. The summed E-state index contributed by atoms with van der Waals surface area (Å²) in [5, 5.41) is 0. The van der Waals surface area contributed by atoms with Crippen LogP contribution in [0.25, 0.3) is 0 Å². The molecule has 2 bridgehead atoms. The van der Waals surface area contributed by atoms with E-state index in [0.717, 1.165) is 22.6 Å². The zero-order valence-corrected chi connectivity index (χ0v) is 10.4. The average Bonchev–Trinajstić information content (AvgIpc) is 2.82. The molecule has 1 heterocycles. The van der Waals surface area contributed by atoms with E-state index in [1.165, 1.54) is 26.1 Å². The smallest absolute Gasteiger partial charge is 0.0285 e. The lowest BCUT2D eigenvalue weighted by atomic mass is 9.88. The predicted molar refractivity (Wildman–Crippen MR) is 62.7 cm³/mol. The fourth-order valence-electron chi connectivity index (χ4n) is 3.88. The second-order valence-corrected chi connectivity index (χ2v) is 6.88. The standard InChI is InChI=1S/C12H20BrN/c13-12-3-4-14(8-12)7-11-6-9-1-2-10(11)5-9/h9-12H,1-8H2. The van der Waals surface area contributed by atoms with Gasteiger partial charge < -0.3 is 4.90 Å². The minimum absolute atomic E-state index is 0.779. The Morgan fingerprint density at radius 3 is 2.64 bits per heavy atom. The lowest BCUT2D eigenvalue weighted by Crippen LogP contribution is -2.30. The number of hydrogen-bond acceptors (Lipinski definition) is 1. The summed E-state index contributed by atoms with van der Waals surface area (Å²) in [6, 6.07) is 0. The van der Waals surface area contributed by atoms with Crippen LogP contribution in [0.3, 0.4) is 0 Å². The summed E-state index contributed by atoms with van der Waals surface area (Å²) in [4.78, 5) is 3.46. The van der Waals surface area contributed by atoms with Gasteiger partial charge in [-0.3, -0.25) is 0 Å². The summed E-state index contributed by atoms with van der Waals surface area (Å²) in [6.07, 6.45) is 7.56. The van der Waals surface area contributed by atoms with E-state index in [1.807, 2.05) is 0 Å². The van der Waals surface area contributed by atoms with Crippen molar-refractivity contribution >= 4 is 15.9 Å². The van der Waals surface area contributed by atoms with E-state index < -0.39 is 0 Å². The summed E-state index contributed by atoms with van der Waals surface area (Å²) in [5.74, 6) is 3.29. The van der Waals surface area contributed by atoms with Crippen molar-refractivity contribution in [3.63, 3.8) is 0 Å². The third kappa shape index (κ3) is 1.76. The van der Waals surface area contributed by atoms with E-state index in [4.69, 9.17) is 0 Å². The van der Waals surface area contributed by atoms with Crippen molar-refractivity contribution in [1.82, 2.24) is 4.90 Å². The quantitative estimate of drug-likeness (QED) is 0.688. The van der Waals surface area contributed by atoms with Crippen LogP contribution in [0.15, 0.2) is 0 Å². The molecule has 3 rings (SSSR count). The van der Waals surface area contributed by atoms with Gasteiger partial charge in [0.2, 0.25) is 0 Å². The van der Waals surface area contributed by atoms with Crippen molar-refractivity contribution < 1.29 is 0 Å². The first-order valence-corrected chi connectivity index (χ1v) is 7.09. The van der Waals surface area contributed by atoms with E-state index in [0.29, 0.717) is 0 Å². The molecule has 1 saturated heterocycles. The number of halogens is 1. The third-order valence-corrected chi connectivity index (χ3v) is 5.34. The lowest BCUT2D eigenvalue weighted by Gasteiger charge is -2.26. The molecular formula is C12H20BrN. The highest BCUT2D eigenvalue weighted by atomic mass is 79.9. The van der Waals surface area contributed by atoms with Gasteiger partial charge in [0.05, 0.1) is 0 Å². The molecule has 0 N–H and O–H groups in total. The van der Waals surface area contributed by atoms with Crippen LogP contribution in [0.2, 0.25) is 0 Å². The molecule has 0 radical (unpaired) electrons. The predicted octanol–water partition coefficient (Wildman–Crippen LogP) is 2.89. The molecule has 2 saturated carbocycles. The van der Waals surface area contributed by atoms with Gasteiger partial charge in [0.15, 0.2) is 0 Å². The van der Waals surface area contributed by atoms with E-state index in [-0.39, 0.29) is 0 Å². The zero-order valence-electron chi connectivity index (χ0n) is 8.79. The number of nitrogens with zero attached hydrogens (tertiary/aromatic N) is 1. The molecule has 0 aromatic carbocycles. The topological polar surface area (TPSA) is 3.24 Å². The molecule has 0 spiro atoms. The highest BCUT2D eigenvalue weighted by Gasteiger charge is 2.40. The molecule has 2 heteroatoms. The Morgan fingerprint density at radius 2 is 2.07 bits per heavy atom. The first-order valence-electron chi connectivity index (χ1n) is 6.17. The second kappa shape index (κ2) is 3.79. The molecule has 3 fully saturated rings. The fraction of sp³-hybridized carbons (Fsp3) is 1.00. The van der Waals surface area contributed by atoms with Crippen molar-refractivity contribution in [2.75, 3.05) is 19.6 Å². The lowest BCUT2D eigenvalue weighted by molar-refractivity contribution is 0.220. The van der Waals surface area contributed by atoms with Gasteiger partial charge in [-0.15, -0.1) is 0 Å². The van der Waals surface area contributed by atoms with E-state index >= 15 is 0 Å². The SMILES string of the molecule is BrC1CCN(CC2CC3CCC2C3)C1. The minimum atomic E-state index is 0.779. The molecule has 4 unspecified atom stereocenters. The normalized spacial score (nSPS) is 47.8. The van der Waals surface area contributed by atoms with Crippen LogP contribution in [0.1, 0.15) is 32.1 Å². The zero-order chi connectivity index (χ0) is 9.54. The van der Waals surface area contributed by atoms with Gasteiger partial charge >= 0.3 is 0 Å². The Hall–Kier alpha value is 0.440. The monoisotopic (exact) mass is 257 g/mol. The molecule has 0 aromatic heterocycles. The highest BCUT2D eigenvalue weighted by Crippen LogP contribution is 2.48. The van der Waals surface area contributed by atoms with Crippen molar-refractivity contribution in [1.29, 1.82) is 0 Å². The first-order chi connectivity index (χ1) is 6.81. The van der Waals surface area contributed by atoms with Crippen LogP contribution < -0.4 is 0 Å². The Balaban J connectivity index is 1.53. The summed E-state index contributed by atoms with van der Waals surface area (Å²) in [5.41, 5.74) is 0. The molecule has 1 nitrogen and oxygen atoms in total. The van der Waals surface area contributed by atoms with Gasteiger partial charge in [0.1, 0.15) is 0 Å². The van der Waals surface area contributed by atoms with Crippen LogP contribution in [0.5, 0.6) is 0 Å². The number of hydrogen-bond donors (Lipinski definition) is 0. The van der Waals surface area contributed by atoms with Gasteiger partial charge in [0.25, 0.3) is 0 Å². The van der Waals surface area contributed by atoms with Gasteiger partial charge in [0, 0.05) is 17.9 Å². The summed E-state index contributed by atoms with van der Waals surface area (Å²) < 4.78 is 0. The largest absolute Gasteiger partial charge is 0.302 e. The van der Waals surface area contributed by atoms with Crippen LogP contribution in [-0.4, -0.2) is 29.4 Å². The summed E-state index contributed by atoms with van der Waals surface area (Å²) in [6.45, 7) is 4.04. The fourth-order valence-corrected chi connectivity index (χ4v) is 4.50. The molecule has 14 heavy (non-hydrogen) atoms. The third-order valence-electron chi connectivity index (χ3n) is 4.59. The van der Waals surface area contributed by atoms with Crippen LogP contribution >= 0.6 is 15.9 Å². The van der Waals surface area contributed by atoms with Crippen molar-refractivity contribution in [3.05, 3.63) is 0 Å². The molecule has 0 aromatic rings. The van der Waals surface area contributed by atoms with Gasteiger partial charge in [-0.05, 0) is 50.0 Å². The van der Waals surface area contributed by atoms with Crippen LogP contribution in [-0.2, 0) is 0 Å². The van der Waals surface area contributed by atoms with Crippen LogP contribution in [0.4, 0.5) is 0 Å². The molecule has 3 aliphatic rings. The first kappa shape index (κ1) is 9.65. The molecule has 4 atom stereocenters. The van der Waals surface area contributed by atoms with Gasteiger partial charge in [-0.25, -0.2) is 0 Å². The minimum Gasteiger partial charge on any atom is -0.302 e.